The minimum Gasteiger partial charge on any atom is -0.352 e. The zero-order valence-electron chi connectivity index (χ0n) is 10.9. The third-order valence-electron chi connectivity index (χ3n) is 4.12. The Kier molecular flexibility index (Phi) is 4.74. The SMILES string of the molecule is CSC1CCC(NC(=O)C2NCCCC2C)C1. The summed E-state index contributed by atoms with van der Waals surface area (Å²) in [6, 6.07) is 0.452. The molecule has 0 radical (unpaired) electrons. The Bertz CT molecular complexity index is 272. The van der Waals surface area contributed by atoms with Crippen molar-refractivity contribution in [2.45, 2.75) is 56.4 Å². The first-order valence-electron chi connectivity index (χ1n) is 6.77. The van der Waals surface area contributed by atoms with Crippen LogP contribution in [0, 0.1) is 5.92 Å². The molecular formula is C13H24N2OS. The third-order valence-corrected chi connectivity index (χ3v) is 5.21. The maximum atomic E-state index is 12.2. The third kappa shape index (κ3) is 3.38. The second kappa shape index (κ2) is 6.10. The Morgan fingerprint density at radius 1 is 1.35 bits per heavy atom. The highest BCUT2D eigenvalue weighted by Gasteiger charge is 2.31. The molecule has 98 valence electrons. The number of hydrogen-bond acceptors (Lipinski definition) is 3. The molecule has 1 aliphatic heterocycles. The van der Waals surface area contributed by atoms with E-state index in [9.17, 15) is 4.79 Å². The van der Waals surface area contributed by atoms with Crippen LogP contribution in [0.5, 0.6) is 0 Å². The first-order valence-corrected chi connectivity index (χ1v) is 8.06. The number of thioether (sulfide) groups is 1. The number of rotatable bonds is 3. The van der Waals surface area contributed by atoms with Gasteiger partial charge in [0.15, 0.2) is 0 Å². The highest BCUT2D eigenvalue weighted by atomic mass is 32.2. The summed E-state index contributed by atoms with van der Waals surface area (Å²) in [5.74, 6) is 0.699. The van der Waals surface area contributed by atoms with Crippen LogP contribution >= 0.6 is 11.8 Å². The summed E-state index contributed by atoms with van der Waals surface area (Å²) in [6.07, 6.45) is 8.08. The molecule has 2 rings (SSSR count). The number of amides is 1. The van der Waals surface area contributed by atoms with Gasteiger partial charge in [0.1, 0.15) is 0 Å². The standard InChI is InChI=1S/C13H24N2OS/c1-9-4-3-7-14-12(9)13(16)15-10-5-6-11(8-10)17-2/h9-12,14H,3-8H2,1-2H3,(H,15,16). The van der Waals surface area contributed by atoms with Crippen molar-refractivity contribution in [2.75, 3.05) is 12.8 Å². The Hall–Kier alpha value is -0.220. The predicted octanol–water partition coefficient (Wildman–Crippen LogP) is 1.77. The van der Waals surface area contributed by atoms with Gasteiger partial charge < -0.3 is 10.6 Å². The minimum absolute atomic E-state index is 0.0390. The van der Waals surface area contributed by atoms with E-state index >= 15 is 0 Å². The summed E-state index contributed by atoms with van der Waals surface area (Å²) < 4.78 is 0. The molecule has 0 bridgehead atoms. The van der Waals surface area contributed by atoms with Gasteiger partial charge in [0, 0.05) is 11.3 Å². The largest absolute Gasteiger partial charge is 0.352 e. The van der Waals surface area contributed by atoms with Crippen molar-refractivity contribution in [2.24, 2.45) is 5.92 Å². The van der Waals surface area contributed by atoms with Crippen LogP contribution in [0.3, 0.4) is 0 Å². The molecule has 4 atom stereocenters. The monoisotopic (exact) mass is 256 g/mol. The lowest BCUT2D eigenvalue weighted by atomic mass is 9.92. The average Bonchev–Trinajstić information content (AvgIpc) is 2.77. The highest BCUT2D eigenvalue weighted by Crippen LogP contribution is 2.28. The van der Waals surface area contributed by atoms with Crippen LogP contribution in [-0.2, 0) is 4.79 Å². The fraction of sp³-hybridized carbons (Fsp3) is 0.923. The van der Waals surface area contributed by atoms with Crippen molar-refractivity contribution in [3.63, 3.8) is 0 Å². The summed E-state index contributed by atoms with van der Waals surface area (Å²) >= 11 is 1.93. The second-order valence-electron chi connectivity index (χ2n) is 5.43. The van der Waals surface area contributed by atoms with Crippen molar-refractivity contribution >= 4 is 17.7 Å². The quantitative estimate of drug-likeness (QED) is 0.808. The van der Waals surface area contributed by atoms with Gasteiger partial charge in [-0.25, -0.2) is 0 Å². The molecule has 2 fully saturated rings. The van der Waals surface area contributed by atoms with E-state index in [1.165, 1.54) is 19.3 Å². The van der Waals surface area contributed by atoms with Gasteiger partial charge in [-0.3, -0.25) is 4.79 Å². The maximum Gasteiger partial charge on any atom is 0.237 e. The van der Waals surface area contributed by atoms with Gasteiger partial charge in [-0.15, -0.1) is 0 Å². The number of carbonyl (C=O) groups excluding carboxylic acids is 1. The van der Waals surface area contributed by atoms with Gasteiger partial charge in [-0.05, 0) is 50.8 Å². The van der Waals surface area contributed by atoms with Crippen LogP contribution < -0.4 is 10.6 Å². The van der Waals surface area contributed by atoms with E-state index in [0.29, 0.717) is 12.0 Å². The van der Waals surface area contributed by atoms with Gasteiger partial charge in [-0.2, -0.15) is 11.8 Å². The Morgan fingerprint density at radius 3 is 2.82 bits per heavy atom. The van der Waals surface area contributed by atoms with E-state index in [1.807, 2.05) is 11.8 Å². The lowest BCUT2D eigenvalue weighted by molar-refractivity contribution is -0.125. The fourth-order valence-corrected chi connectivity index (χ4v) is 3.77. The normalized spacial score (nSPS) is 38.0. The Morgan fingerprint density at radius 2 is 2.18 bits per heavy atom. The number of piperidine rings is 1. The molecule has 0 spiro atoms. The van der Waals surface area contributed by atoms with Crippen LogP contribution in [0.15, 0.2) is 0 Å². The molecule has 1 saturated carbocycles. The van der Waals surface area contributed by atoms with Crippen molar-refractivity contribution in [3.8, 4) is 0 Å². The Balaban J connectivity index is 1.80. The molecule has 2 aliphatic rings. The Labute approximate surface area is 108 Å². The summed E-state index contributed by atoms with van der Waals surface area (Å²) in [4.78, 5) is 12.2. The van der Waals surface area contributed by atoms with Gasteiger partial charge >= 0.3 is 0 Å². The first-order chi connectivity index (χ1) is 8.20. The molecule has 1 amide bonds. The minimum atomic E-state index is 0.0390. The van der Waals surface area contributed by atoms with E-state index in [2.05, 4.69) is 23.8 Å². The molecule has 0 aromatic heterocycles. The second-order valence-corrected chi connectivity index (χ2v) is 6.57. The number of carbonyl (C=O) groups is 1. The number of hydrogen-bond donors (Lipinski definition) is 2. The smallest absolute Gasteiger partial charge is 0.237 e. The fourth-order valence-electron chi connectivity index (χ4n) is 2.98. The van der Waals surface area contributed by atoms with E-state index in [-0.39, 0.29) is 11.9 Å². The molecule has 1 heterocycles. The zero-order valence-corrected chi connectivity index (χ0v) is 11.7. The maximum absolute atomic E-state index is 12.2. The van der Waals surface area contributed by atoms with Crippen LogP contribution in [0.25, 0.3) is 0 Å². The molecule has 4 unspecified atom stereocenters. The van der Waals surface area contributed by atoms with Crippen LogP contribution in [0.2, 0.25) is 0 Å². The first kappa shape index (κ1) is 13.2. The van der Waals surface area contributed by atoms with E-state index in [4.69, 9.17) is 0 Å². The lowest BCUT2D eigenvalue weighted by Crippen LogP contribution is -2.52. The molecule has 1 saturated heterocycles. The molecule has 2 N–H and O–H groups in total. The van der Waals surface area contributed by atoms with Crippen molar-refractivity contribution in [1.29, 1.82) is 0 Å². The molecule has 0 aromatic rings. The van der Waals surface area contributed by atoms with Crippen molar-refractivity contribution in [3.05, 3.63) is 0 Å². The van der Waals surface area contributed by atoms with E-state index in [1.54, 1.807) is 0 Å². The van der Waals surface area contributed by atoms with Crippen molar-refractivity contribution in [1.82, 2.24) is 10.6 Å². The predicted molar refractivity (Wildman–Crippen MR) is 73.3 cm³/mol. The topological polar surface area (TPSA) is 41.1 Å². The molecule has 0 aromatic carbocycles. The summed E-state index contributed by atoms with van der Waals surface area (Å²) in [7, 11) is 0. The lowest BCUT2D eigenvalue weighted by Gasteiger charge is -2.30. The van der Waals surface area contributed by atoms with Gasteiger partial charge in [0.25, 0.3) is 0 Å². The van der Waals surface area contributed by atoms with Gasteiger partial charge in [0.2, 0.25) is 5.91 Å². The molecule has 17 heavy (non-hydrogen) atoms. The van der Waals surface area contributed by atoms with E-state index < -0.39 is 0 Å². The van der Waals surface area contributed by atoms with E-state index in [0.717, 1.165) is 24.6 Å². The zero-order chi connectivity index (χ0) is 12.3. The van der Waals surface area contributed by atoms with Crippen molar-refractivity contribution < 1.29 is 4.79 Å². The average molecular weight is 256 g/mol. The van der Waals surface area contributed by atoms with Crippen LogP contribution in [-0.4, -0.2) is 36.0 Å². The summed E-state index contributed by atoms with van der Waals surface area (Å²) in [6.45, 7) is 3.16. The molecule has 3 nitrogen and oxygen atoms in total. The molecular weight excluding hydrogens is 232 g/mol. The summed E-state index contributed by atoms with van der Waals surface area (Å²) in [5.41, 5.74) is 0. The highest BCUT2D eigenvalue weighted by molar-refractivity contribution is 7.99. The number of nitrogens with one attached hydrogen (secondary N) is 2. The van der Waals surface area contributed by atoms with Gasteiger partial charge in [0.05, 0.1) is 6.04 Å². The van der Waals surface area contributed by atoms with Crippen LogP contribution in [0.1, 0.15) is 39.0 Å². The molecule has 1 aliphatic carbocycles. The van der Waals surface area contributed by atoms with Crippen LogP contribution in [0.4, 0.5) is 0 Å². The summed E-state index contributed by atoms with van der Waals surface area (Å²) in [5, 5.41) is 7.33. The molecule has 4 heteroatoms. The van der Waals surface area contributed by atoms with Gasteiger partial charge in [-0.1, -0.05) is 6.92 Å².